The lowest BCUT2D eigenvalue weighted by Gasteiger charge is -2.01. The molecule has 0 saturated heterocycles. The van der Waals surface area contributed by atoms with Gasteiger partial charge in [-0.3, -0.25) is 4.98 Å². The average molecular weight is 189 g/mol. The predicted octanol–water partition coefficient (Wildman–Crippen LogP) is 2.54. The maximum atomic E-state index is 12.1. The molecule has 0 N–H and O–H groups in total. The Morgan fingerprint density at radius 2 is 2.17 bits per heavy atom. The molecule has 0 aliphatic carbocycles. The largest absolute Gasteiger partial charge is 0.266 e. The van der Waals surface area contributed by atoms with Crippen LogP contribution >= 0.6 is 11.6 Å². The molecule has 5 heteroatoms. The molecule has 0 saturated carbocycles. The molecular weight excluding hydrogens is 186 g/mol. The van der Waals surface area contributed by atoms with Crippen LogP contribution in [0, 0.1) is 11.3 Å². The van der Waals surface area contributed by atoms with Crippen LogP contribution in [0.5, 0.6) is 0 Å². The van der Waals surface area contributed by atoms with Crippen molar-refractivity contribution < 1.29 is 8.78 Å². The lowest BCUT2D eigenvalue weighted by molar-refractivity contribution is 0.151. The monoisotopic (exact) mass is 188 g/mol. The molecule has 0 unspecified atom stereocenters. The Balaban J connectivity index is 3.25. The van der Waals surface area contributed by atoms with E-state index < -0.39 is 12.0 Å². The summed E-state index contributed by atoms with van der Waals surface area (Å²) < 4.78 is 24.2. The van der Waals surface area contributed by atoms with E-state index in [9.17, 15) is 8.78 Å². The standard InChI is InChI=1S/C7H3ClF2N2/c8-6-4(1-11)2-12-3-5(6)7(9)10/h2-3,7H. The van der Waals surface area contributed by atoms with E-state index in [0.29, 0.717) is 0 Å². The van der Waals surface area contributed by atoms with Crippen molar-refractivity contribution in [2.45, 2.75) is 6.43 Å². The lowest BCUT2D eigenvalue weighted by atomic mass is 10.2. The highest BCUT2D eigenvalue weighted by Crippen LogP contribution is 2.27. The summed E-state index contributed by atoms with van der Waals surface area (Å²) in [6.45, 7) is 0. The van der Waals surface area contributed by atoms with Crippen molar-refractivity contribution in [3.8, 4) is 6.07 Å². The van der Waals surface area contributed by atoms with Gasteiger partial charge in [0.15, 0.2) is 0 Å². The van der Waals surface area contributed by atoms with Crippen molar-refractivity contribution in [2.24, 2.45) is 0 Å². The number of halogens is 3. The summed E-state index contributed by atoms with van der Waals surface area (Å²) in [5, 5.41) is 8.19. The highest BCUT2D eigenvalue weighted by atomic mass is 35.5. The molecule has 0 bridgehead atoms. The van der Waals surface area contributed by atoms with Gasteiger partial charge in [-0.1, -0.05) is 11.6 Å². The van der Waals surface area contributed by atoms with E-state index >= 15 is 0 Å². The molecule has 1 aromatic rings. The molecule has 12 heavy (non-hydrogen) atoms. The molecule has 1 heterocycles. The maximum absolute atomic E-state index is 12.1. The molecule has 0 aromatic carbocycles. The van der Waals surface area contributed by atoms with Gasteiger partial charge in [0, 0.05) is 12.4 Å². The van der Waals surface area contributed by atoms with Gasteiger partial charge in [-0.2, -0.15) is 5.26 Å². The Kier molecular flexibility index (Phi) is 2.56. The molecule has 0 fully saturated rings. The fraction of sp³-hybridized carbons (Fsp3) is 0.143. The van der Waals surface area contributed by atoms with E-state index in [0.717, 1.165) is 12.4 Å². The molecular formula is C7H3ClF2N2. The van der Waals surface area contributed by atoms with E-state index in [1.165, 1.54) is 0 Å². The Morgan fingerprint density at radius 3 is 2.67 bits per heavy atom. The minimum Gasteiger partial charge on any atom is -0.263 e. The van der Waals surface area contributed by atoms with Gasteiger partial charge in [-0.05, 0) is 0 Å². The number of alkyl halides is 2. The Bertz CT molecular complexity index is 333. The Labute approximate surface area is 72.4 Å². The summed E-state index contributed by atoms with van der Waals surface area (Å²) in [6, 6.07) is 1.66. The second-order valence-electron chi connectivity index (χ2n) is 2.00. The highest BCUT2D eigenvalue weighted by molar-refractivity contribution is 6.32. The van der Waals surface area contributed by atoms with Crippen molar-refractivity contribution in [1.29, 1.82) is 5.26 Å². The van der Waals surface area contributed by atoms with E-state index in [4.69, 9.17) is 16.9 Å². The molecule has 0 aliphatic heterocycles. The van der Waals surface area contributed by atoms with Gasteiger partial charge in [-0.15, -0.1) is 0 Å². The van der Waals surface area contributed by atoms with Gasteiger partial charge in [0.2, 0.25) is 0 Å². The number of nitrogens with zero attached hydrogens (tertiary/aromatic N) is 2. The van der Waals surface area contributed by atoms with E-state index in [-0.39, 0.29) is 10.6 Å². The van der Waals surface area contributed by atoms with Gasteiger partial charge < -0.3 is 0 Å². The Morgan fingerprint density at radius 1 is 1.50 bits per heavy atom. The average Bonchev–Trinajstić information content (AvgIpc) is 2.04. The number of hydrogen-bond acceptors (Lipinski definition) is 2. The zero-order valence-electron chi connectivity index (χ0n) is 5.76. The van der Waals surface area contributed by atoms with E-state index in [1.807, 2.05) is 0 Å². The summed E-state index contributed by atoms with van der Waals surface area (Å²) in [7, 11) is 0. The van der Waals surface area contributed by atoms with Gasteiger partial charge in [0.05, 0.1) is 16.1 Å². The van der Waals surface area contributed by atoms with Gasteiger partial charge in [-0.25, -0.2) is 8.78 Å². The summed E-state index contributed by atoms with van der Waals surface area (Å²) in [4.78, 5) is 3.45. The molecule has 62 valence electrons. The van der Waals surface area contributed by atoms with Crippen LogP contribution in [-0.4, -0.2) is 4.98 Å². The fourth-order valence-corrected chi connectivity index (χ4v) is 0.913. The van der Waals surface area contributed by atoms with Crippen molar-refractivity contribution >= 4 is 11.6 Å². The molecule has 0 aliphatic rings. The SMILES string of the molecule is N#Cc1cncc(C(F)F)c1Cl. The van der Waals surface area contributed by atoms with Crippen LogP contribution in [0.4, 0.5) is 8.78 Å². The first-order valence-corrected chi connectivity index (χ1v) is 3.36. The van der Waals surface area contributed by atoms with Crippen LogP contribution in [0.15, 0.2) is 12.4 Å². The zero-order chi connectivity index (χ0) is 9.14. The van der Waals surface area contributed by atoms with Crippen molar-refractivity contribution in [3.05, 3.63) is 28.5 Å². The van der Waals surface area contributed by atoms with Crippen molar-refractivity contribution in [3.63, 3.8) is 0 Å². The normalized spacial score (nSPS) is 9.92. The van der Waals surface area contributed by atoms with Crippen molar-refractivity contribution in [1.82, 2.24) is 4.98 Å². The summed E-state index contributed by atoms with van der Waals surface area (Å²) >= 11 is 5.46. The number of pyridine rings is 1. The first-order valence-electron chi connectivity index (χ1n) is 2.98. The smallest absolute Gasteiger partial charge is 0.263 e. The van der Waals surface area contributed by atoms with Crippen LogP contribution in [-0.2, 0) is 0 Å². The molecule has 1 rings (SSSR count). The van der Waals surface area contributed by atoms with E-state index in [1.54, 1.807) is 6.07 Å². The number of rotatable bonds is 1. The third-order valence-electron chi connectivity index (χ3n) is 1.26. The molecule has 0 radical (unpaired) electrons. The van der Waals surface area contributed by atoms with Crippen LogP contribution < -0.4 is 0 Å². The minimum absolute atomic E-state index is 0.0329. The number of hydrogen-bond donors (Lipinski definition) is 0. The van der Waals surface area contributed by atoms with E-state index in [2.05, 4.69) is 4.98 Å². The molecule has 2 nitrogen and oxygen atoms in total. The van der Waals surface area contributed by atoms with Crippen LogP contribution in [0.1, 0.15) is 17.6 Å². The number of aromatic nitrogens is 1. The molecule has 0 amide bonds. The predicted molar refractivity (Wildman–Crippen MR) is 38.9 cm³/mol. The number of nitriles is 1. The van der Waals surface area contributed by atoms with Gasteiger partial charge in [0.1, 0.15) is 6.07 Å². The van der Waals surface area contributed by atoms with Crippen LogP contribution in [0.3, 0.4) is 0 Å². The van der Waals surface area contributed by atoms with Gasteiger partial charge >= 0.3 is 0 Å². The zero-order valence-corrected chi connectivity index (χ0v) is 6.52. The summed E-state index contributed by atoms with van der Waals surface area (Å²) in [5.74, 6) is 0. The fourth-order valence-electron chi connectivity index (χ4n) is 0.691. The quantitative estimate of drug-likeness (QED) is 0.679. The maximum Gasteiger partial charge on any atom is 0.266 e. The first kappa shape index (κ1) is 8.88. The molecule has 1 aromatic heterocycles. The second-order valence-corrected chi connectivity index (χ2v) is 2.38. The third-order valence-corrected chi connectivity index (χ3v) is 1.68. The van der Waals surface area contributed by atoms with Crippen LogP contribution in [0.25, 0.3) is 0 Å². The second kappa shape index (κ2) is 3.46. The highest BCUT2D eigenvalue weighted by Gasteiger charge is 2.14. The third kappa shape index (κ3) is 1.51. The molecule has 0 atom stereocenters. The minimum atomic E-state index is -2.70. The van der Waals surface area contributed by atoms with Crippen molar-refractivity contribution in [2.75, 3.05) is 0 Å². The molecule has 0 spiro atoms. The van der Waals surface area contributed by atoms with Crippen LogP contribution in [0.2, 0.25) is 5.02 Å². The summed E-state index contributed by atoms with van der Waals surface area (Å²) in [6.07, 6.45) is -0.597. The topological polar surface area (TPSA) is 36.7 Å². The lowest BCUT2D eigenvalue weighted by Crippen LogP contribution is -1.90. The Hall–Kier alpha value is -1.21. The summed E-state index contributed by atoms with van der Waals surface area (Å²) in [5.41, 5.74) is -0.440. The van der Waals surface area contributed by atoms with Gasteiger partial charge in [0.25, 0.3) is 6.43 Å². The first-order chi connectivity index (χ1) is 5.66.